The largest absolute Gasteiger partial charge is 0.377 e. The number of hydrogen-bond donors (Lipinski definition) is 0. The van der Waals surface area contributed by atoms with Crippen LogP contribution in [0.3, 0.4) is 0 Å². The Bertz CT molecular complexity index is 609. The zero-order valence-electron chi connectivity index (χ0n) is 11.1. The second-order valence-electron chi connectivity index (χ2n) is 4.34. The van der Waals surface area contributed by atoms with E-state index in [2.05, 4.69) is 9.97 Å². The van der Waals surface area contributed by atoms with Crippen molar-refractivity contribution < 1.29 is 4.74 Å². The summed E-state index contributed by atoms with van der Waals surface area (Å²) in [5, 5.41) is 1.64. The van der Waals surface area contributed by atoms with Crippen LogP contribution in [0.15, 0.2) is 18.2 Å². The van der Waals surface area contributed by atoms with Gasteiger partial charge in [-0.15, -0.1) is 0 Å². The Morgan fingerprint density at radius 3 is 2.50 bits per heavy atom. The summed E-state index contributed by atoms with van der Waals surface area (Å²) in [6.07, 6.45) is 0.563. The van der Waals surface area contributed by atoms with Crippen LogP contribution >= 0.6 is 34.8 Å². The van der Waals surface area contributed by atoms with Gasteiger partial charge in [0, 0.05) is 34.8 Å². The van der Waals surface area contributed by atoms with Crippen LogP contribution < -0.4 is 0 Å². The van der Waals surface area contributed by atoms with Crippen molar-refractivity contribution in [2.75, 3.05) is 7.11 Å². The van der Waals surface area contributed by atoms with Gasteiger partial charge < -0.3 is 4.74 Å². The van der Waals surface area contributed by atoms with Gasteiger partial charge in [0.2, 0.25) is 0 Å². The molecule has 0 bridgehead atoms. The Labute approximate surface area is 132 Å². The van der Waals surface area contributed by atoms with Crippen molar-refractivity contribution >= 4 is 34.8 Å². The van der Waals surface area contributed by atoms with Crippen LogP contribution in [0, 0.1) is 6.92 Å². The molecule has 0 N–H and O–H groups in total. The number of halogens is 3. The molecule has 0 spiro atoms. The number of rotatable bonds is 4. The molecule has 1 aromatic carbocycles. The van der Waals surface area contributed by atoms with E-state index in [1.54, 1.807) is 19.2 Å². The normalized spacial score (nSPS) is 10.8. The molecule has 0 aliphatic heterocycles. The van der Waals surface area contributed by atoms with Crippen molar-refractivity contribution in [2.24, 2.45) is 0 Å². The van der Waals surface area contributed by atoms with E-state index in [1.807, 2.05) is 13.0 Å². The van der Waals surface area contributed by atoms with Crippen molar-refractivity contribution in [3.05, 3.63) is 56.0 Å². The van der Waals surface area contributed by atoms with Gasteiger partial charge in [-0.25, -0.2) is 9.97 Å². The highest BCUT2D eigenvalue weighted by Gasteiger charge is 2.12. The van der Waals surface area contributed by atoms with Crippen LogP contribution in [0.2, 0.25) is 15.2 Å². The molecule has 0 saturated heterocycles. The summed E-state index contributed by atoms with van der Waals surface area (Å²) in [5.74, 6) is 0.570. The van der Waals surface area contributed by atoms with E-state index in [0.717, 1.165) is 16.8 Å². The molecule has 106 valence electrons. The summed E-state index contributed by atoms with van der Waals surface area (Å²) >= 11 is 18.3. The third-order valence-electron chi connectivity index (χ3n) is 2.87. The maximum absolute atomic E-state index is 6.23. The maximum Gasteiger partial charge on any atom is 0.155 e. The molecule has 0 atom stereocenters. The van der Waals surface area contributed by atoms with E-state index in [1.165, 1.54) is 0 Å². The second-order valence-corrected chi connectivity index (χ2v) is 5.54. The maximum atomic E-state index is 6.23. The lowest BCUT2D eigenvalue weighted by Crippen LogP contribution is -2.05. The standard InChI is InChI=1S/C14H13Cl3N2O/c1-8-11(14(17)19-13(18-8)7-20-2)5-9-3-4-10(15)6-12(9)16/h3-4,6H,5,7H2,1-2H3. The Morgan fingerprint density at radius 2 is 1.90 bits per heavy atom. The molecule has 2 rings (SSSR count). The lowest BCUT2D eigenvalue weighted by atomic mass is 10.1. The molecule has 0 saturated carbocycles. The van der Waals surface area contributed by atoms with Crippen molar-refractivity contribution in [1.29, 1.82) is 0 Å². The number of methoxy groups -OCH3 is 1. The zero-order valence-corrected chi connectivity index (χ0v) is 13.4. The molecule has 20 heavy (non-hydrogen) atoms. The van der Waals surface area contributed by atoms with Crippen LogP contribution in [0.5, 0.6) is 0 Å². The second kappa shape index (κ2) is 6.72. The number of hydrogen-bond acceptors (Lipinski definition) is 3. The monoisotopic (exact) mass is 330 g/mol. The molecule has 6 heteroatoms. The van der Waals surface area contributed by atoms with E-state index < -0.39 is 0 Å². The van der Waals surface area contributed by atoms with Gasteiger partial charge in [-0.05, 0) is 24.6 Å². The Kier molecular flexibility index (Phi) is 5.22. The minimum absolute atomic E-state index is 0.336. The van der Waals surface area contributed by atoms with Gasteiger partial charge in [-0.1, -0.05) is 40.9 Å². The summed E-state index contributed by atoms with van der Waals surface area (Å²) in [7, 11) is 1.59. The van der Waals surface area contributed by atoms with Gasteiger partial charge in [0.25, 0.3) is 0 Å². The predicted molar refractivity (Wildman–Crippen MR) is 81.8 cm³/mol. The van der Waals surface area contributed by atoms with Crippen LogP contribution in [-0.2, 0) is 17.8 Å². The predicted octanol–water partition coefficient (Wildman–Crippen LogP) is 4.48. The molecule has 0 amide bonds. The average molecular weight is 332 g/mol. The summed E-state index contributed by atoms with van der Waals surface area (Å²) in [5.41, 5.74) is 2.61. The van der Waals surface area contributed by atoms with Crippen LogP contribution in [-0.4, -0.2) is 17.1 Å². The van der Waals surface area contributed by atoms with Gasteiger partial charge in [0.05, 0.1) is 0 Å². The Hall–Kier alpha value is -0.870. The molecular formula is C14H13Cl3N2O. The summed E-state index contributed by atoms with van der Waals surface area (Å²) in [6, 6.07) is 5.39. The Balaban J connectivity index is 2.33. The van der Waals surface area contributed by atoms with Crippen molar-refractivity contribution in [2.45, 2.75) is 20.0 Å². The molecule has 1 aromatic heterocycles. The summed E-state index contributed by atoms with van der Waals surface area (Å²) in [4.78, 5) is 8.60. The minimum atomic E-state index is 0.336. The molecule has 2 aromatic rings. The van der Waals surface area contributed by atoms with E-state index in [0.29, 0.717) is 34.1 Å². The summed E-state index contributed by atoms with van der Waals surface area (Å²) in [6.45, 7) is 2.23. The van der Waals surface area contributed by atoms with Gasteiger partial charge in [-0.3, -0.25) is 0 Å². The van der Waals surface area contributed by atoms with Gasteiger partial charge in [-0.2, -0.15) is 0 Å². The van der Waals surface area contributed by atoms with E-state index in [4.69, 9.17) is 39.5 Å². The molecule has 0 fully saturated rings. The molecule has 0 unspecified atom stereocenters. The van der Waals surface area contributed by atoms with Crippen LogP contribution in [0.1, 0.15) is 22.6 Å². The molecule has 3 nitrogen and oxygen atoms in total. The first-order valence-electron chi connectivity index (χ1n) is 5.96. The third-order valence-corrected chi connectivity index (χ3v) is 3.77. The quantitative estimate of drug-likeness (QED) is 0.775. The first kappa shape index (κ1) is 15.5. The van der Waals surface area contributed by atoms with Crippen LogP contribution in [0.25, 0.3) is 0 Å². The first-order chi connectivity index (χ1) is 9.51. The van der Waals surface area contributed by atoms with E-state index in [9.17, 15) is 0 Å². The summed E-state index contributed by atoms with van der Waals surface area (Å²) < 4.78 is 5.01. The number of nitrogens with zero attached hydrogens (tertiary/aromatic N) is 2. The lowest BCUT2D eigenvalue weighted by Gasteiger charge is -2.10. The first-order valence-corrected chi connectivity index (χ1v) is 7.09. The topological polar surface area (TPSA) is 35.0 Å². The van der Waals surface area contributed by atoms with E-state index in [-0.39, 0.29) is 0 Å². The molecule has 0 aliphatic carbocycles. The van der Waals surface area contributed by atoms with Gasteiger partial charge in [0.1, 0.15) is 11.8 Å². The SMILES string of the molecule is COCc1nc(C)c(Cc2ccc(Cl)cc2Cl)c(Cl)n1. The third kappa shape index (κ3) is 3.61. The van der Waals surface area contributed by atoms with Gasteiger partial charge >= 0.3 is 0 Å². The Morgan fingerprint density at radius 1 is 1.15 bits per heavy atom. The molecule has 0 radical (unpaired) electrons. The van der Waals surface area contributed by atoms with Crippen molar-refractivity contribution in [3.63, 3.8) is 0 Å². The highest BCUT2D eigenvalue weighted by molar-refractivity contribution is 6.35. The van der Waals surface area contributed by atoms with Crippen molar-refractivity contribution in [3.8, 4) is 0 Å². The smallest absolute Gasteiger partial charge is 0.155 e. The fourth-order valence-corrected chi connectivity index (χ4v) is 2.64. The molecule has 1 heterocycles. The highest BCUT2D eigenvalue weighted by Crippen LogP contribution is 2.26. The highest BCUT2D eigenvalue weighted by atomic mass is 35.5. The molecule has 0 aliphatic rings. The number of benzene rings is 1. The van der Waals surface area contributed by atoms with Gasteiger partial charge in [0.15, 0.2) is 5.82 Å². The average Bonchev–Trinajstić information content (AvgIpc) is 2.36. The molecular weight excluding hydrogens is 319 g/mol. The van der Waals surface area contributed by atoms with Crippen molar-refractivity contribution in [1.82, 2.24) is 9.97 Å². The zero-order chi connectivity index (χ0) is 14.7. The lowest BCUT2D eigenvalue weighted by molar-refractivity contribution is 0.177. The number of aromatic nitrogens is 2. The number of aryl methyl sites for hydroxylation is 1. The van der Waals surface area contributed by atoms with E-state index >= 15 is 0 Å². The van der Waals surface area contributed by atoms with Crippen LogP contribution in [0.4, 0.5) is 0 Å². The fraction of sp³-hybridized carbons (Fsp3) is 0.286. The fourth-order valence-electron chi connectivity index (χ4n) is 1.87. The number of ether oxygens (including phenoxy) is 1. The minimum Gasteiger partial charge on any atom is -0.377 e.